The number of hydrogen-bond donors (Lipinski definition) is 1. The Morgan fingerprint density at radius 2 is 1.97 bits per heavy atom. The van der Waals surface area contributed by atoms with Crippen LogP contribution in [-0.4, -0.2) is 60.7 Å². The van der Waals surface area contributed by atoms with Crippen LogP contribution in [0.25, 0.3) is 0 Å². The van der Waals surface area contributed by atoms with E-state index in [4.69, 9.17) is 14.2 Å². The van der Waals surface area contributed by atoms with Crippen LogP contribution in [-0.2, 0) is 27.3 Å². The third kappa shape index (κ3) is 3.74. The molecule has 1 spiro atoms. The zero-order valence-corrected chi connectivity index (χ0v) is 18.7. The predicted molar refractivity (Wildman–Crippen MR) is 120 cm³/mol. The first kappa shape index (κ1) is 21.5. The summed E-state index contributed by atoms with van der Waals surface area (Å²) in [5.41, 5.74) is 1.32. The van der Waals surface area contributed by atoms with Crippen molar-refractivity contribution in [1.82, 2.24) is 15.2 Å². The Labute approximate surface area is 192 Å². The number of nitrogens with zero attached hydrogens (tertiary/aromatic N) is 2. The summed E-state index contributed by atoms with van der Waals surface area (Å²) in [6.07, 6.45) is 7.61. The van der Waals surface area contributed by atoms with Crippen LogP contribution in [0.1, 0.15) is 11.1 Å². The Balaban J connectivity index is 1.24. The monoisotopic (exact) mass is 449 g/mol. The highest BCUT2D eigenvalue weighted by Crippen LogP contribution is 2.52. The average molecular weight is 450 g/mol. The molecule has 2 bridgehead atoms. The molecule has 5 rings (SSSR count). The Kier molecular flexibility index (Phi) is 5.54. The van der Waals surface area contributed by atoms with Crippen molar-refractivity contribution >= 4 is 11.8 Å². The number of carbonyl (C=O) groups excluding carboxylic acids is 2. The highest BCUT2D eigenvalue weighted by Gasteiger charge is 2.66. The number of hydrogen-bond acceptors (Lipinski definition) is 6. The molecule has 2 aromatic rings. The molecule has 33 heavy (non-hydrogen) atoms. The number of amides is 2. The lowest BCUT2D eigenvalue weighted by atomic mass is 9.77. The maximum atomic E-state index is 13.3. The lowest BCUT2D eigenvalue weighted by Gasteiger charge is -2.23. The number of fused-ring (bicyclic) bond motifs is 1. The summed E-state index contributed by atoms with van der Waals surface area (Å²) in [7, 11) is 3.19. The van der Waals surface area contributed by atoms with Crippen molar-refractivity contribution in [3.05, 3.63) is 66.0 Å². The van der Waals surface area contributed by atoms with E-state index in [0.717, 1.165) is 11.1 Å². The standard InChI is InChI=1S/C25H27N3O5/c1-31-18-4-3-16(13-20(18)32-2)8-12-27-23(29)21-19-5-9-25(33-19)15-28(24(30)22(21)25)14-17-6-10-26-11-7-17/h3-7,9-11,13,19,21-22H,8,12,14-15H2,1-2H3,(H,27,29)/t19-,21?,22-,25-/m0/s1. The zero-order chi connectivity index (χ0) is 23.0. The van der Waals surface area contributed by atoms with Gasteiger partial charge in [-0.2, -0.15) is 0 Å². The number of methoxy groups -OCH3 is 2. The van der Waals surface area contributed by atoms with Gasteiger partial charge in [-0.25, -0.2) is 0 Å². The number of pyridine rings is 1. The van der Waals surface area contributed by atoms with Crippen LogP contribution in [0.3, 0.4) is 0 Å². The topological polar surface area (TPSA) is 90.0 Å². The second-order valence-electron chi connectivity index (χ2n) is 8.68. The summed E-state index contributed by atoms with van der Waals surface area (Å²) in [6, 6.07) is 9.49. The Morgan fingerprint density at radius 3 is 2.73 bits per heavy atom. The van der Waals surface area contributed by atoms with Crippen LogP contribution in [0.5, 0.6) is 11.5 Å². The smallest absolute Gasteiger partial charge is 0.230 e. The minimum absolute atomic E-state index is 0.0290. The van der Waals surface area contributed by atoms with Crippen LogP contribution in [0.4, 0.5) is 0 Å². The summed E-state index contributed by atoms with van der Waals surface area (Å²) < 4.78 is 16.8. The molecule has 2 saturated heterocycles. The summed E-state index contributed by atoms with van der Waals surface area (Å²) >= 11 is 0. The normalized spacial score (nSPS) is 27.0. The molecule has 172 valence electrons. The lowest BCUT2D eigenvalue weighted by Crippen LogP contribution is -2.44. The number of nitrogens with one attached hydrogen (secondary N) is 1. The highest BCUT2D eigenvalue weighted by atomic mass is 16.5. The fourth-order valence-corrected chi connectivity index (χ4v) is 5.20. The van der Waals surface area contributed by atoms with Crippen LogP contribution in [0.15, 0.2) is 54.9 Å². The maximum Gasteiger partial charge on any atom is 0.230 e. The summed E-state index contributed by atoms with van der Waals surface area (Å²) in [5.74, 6) is 0.138. The van der Waals surface area contributed by atoms with Gasteiger partial charge in [-0.05, 0) is 41.8 Å². The van der Waals surface area contributed by atoms with Gasteiger partial charge in [-0.1, -0.05) is 18.2 Å². The van der Waals surface area contributed by atoms with E-state index < -0.39 is 17.4 Å². The number of carbonyl (C=O) groups is 2. The van der Waals surface area contributed by atoms with Gasteiger partial charge >= 0.3 is 0 Å². The van der Waals surface area contributed by atoms with Crippen molar-refractivity contribution < 1.29 is 23.8 Å². The SMILES string of the molecule is COc1ccc(CCNC(=O)C2[C@@H]3C=C[C@@]4(CN(Cc5ccncc5)C(=O)[C@H]24)O3)cc1OC. The molecular weight excluding hydrogens is 422 g/mol. The van der Waals surface area contributed by atoms with Crippen LogP contribution in [0.2, 0.25) is 0 Å². The molecule has 8 heteroatoms. The second-order valence-corrected chi connectivity index (χ2v) is 8.68. The third-order valence-corrected chi connectivity index (χ3v) is 6.77. The molecule has 8 nitrogen and oxygen atoms in total. The quantitative estimate of drug-likeness (QED) is 0.618. The minimum atomic E-state index is -0.708. The molecule has 4 atom stereocenters. The van der Waals surface area contributed by atoms with Gasteiger partial charge in [0.15, 0.2) is 11.5 Å². The fraction of sp³-hybridized carbons (Fsp3) is 0.400. The van der Waals surface area contributed by atoms with E-state index in [1.54, 1.807) is 31.5 Å². The van der Waals surface area contributed by atoms with Crippen LogP contribution >= 0.6 is 0 Å². The first-order chi connectivity index (χ1) is 16.0. The highest BCUT2D eigenvalue weighted by molar-refractivity contribution is 5.93. The molecule has 0 saturated carbocycles. The van der Waals surface area contributed by atoms with Gasteiger partial charge in [-0.3, -0.25) is 14.6 Å². The molecule has 1 aromatic heterocycles. The molecule has 0 radical (unpaired) electrons. The summed E-state index contributed by atoms with van der Waals surface area (Å²) in [4.78, 5) is 32.3. The molecule has 1 N–H and O–H groups in total. The van der Waals surface area contributed by atoms with E-state index in [9.17, 15) is 9.59 Å². The van der Waals surface area contributed by atoms with Crippen molar-refractivity contribution in [3.63, 3.8) is 0 Å². The number of ether oxygens (including phenoxy) is 3. The van der Waals surface area contributed by atoms with Crippen molar-refractivity contribution in [1.29, 1.82) is 0 Å². The van der Waals surface area contributed by atoms with Gasteiger partial charge in [0, 0.05) is 25.5 Å². The summed E-state index contributed by atoms with van der Waals surface area (Å²) in [5, 5.41) is 3.01. The Bertz CT molecular complexity index is 1090. The predicted octanol–water partition coefficient (Wildman–Crippen LogP) is 1.74. The Hall–Kier alpha value is -3.39. The molecule has 2 amide bonds. The first-order valence-corrected chi connectivity index (χ1v) is 11.1. The molecule has 1 unspecified atom stereocenters. The van der Waals surface area contributed by atoms with E-state index >= 15 is 0 Å². The van der Waals surface area contributed by atoms with E-state index in [-0.39, 0.29) is 17.9 Å². The van der Waals surface area contributed by atoms with Gasteiger partial charge in [0.2, 0.25) is 11.8 Å². The van der Waals surface area contributed by atoms with Gasteiger partial charge in [0.1, 0.15) is 5.60 Å². The molecule has 1 aromatic carbocycles. The molecular formula is C25H27N3O5. The van der Waals surface area contributed by atoms with Gasteiger partial charge in [0.05, 0.1) is 38.7 Å². The number of likely N-dealkylation sites (tertiary alicyclic amines) is 1. The van der Waals surface area contributed by atoms with E-state index in [1.807, 2.05) is 42.5 Å². The molecule has 4 heterocycles. The van der Waals surface area contributed by atoms with Crippen molar-refractivity contribution in [2.24, 2.45) is 11.8 Å². The minimum Gasteiger partial charge on any atom is -0.493 e. The average Bonchev–Trinajstić information content (AvgIpc) is 3.47. The molecule has 0 aliphatic carbocycles. The van der Waals surface area contributed by atoms with Crippen LogP contribution < -0.4 is 14.8 Å². The largest absolute Gasteiger partial charge is 0.493 e. The first-order valence-electron chi connectivity index (χ1n) is 11.1. The fourth-order valence-electron chi connectivity index (χ4n) is 5.20. The number of benzene rings is 1. The third-order valence-electron chi connectivity index (χ3n) is 6.77. The number of aromatic nitrogens is 1. The van der Waals surface area contributed by atoms with E-state index in [2.05, 4.69) is 10.3 Å². The van der Waals surface area contributed by atoms with Crippen molar-refractivity contribution in [2.75, 3.05) is 27.3 Å². The van der Waals surface area contributed by atoms with Crippen LogP contribution in [0, 0.1) is 11.8 Å². The maximum absolute atomic E-state index is 13.3. The van der Waals surface area contributed by atoms with E-state index in [1.165, 1.54) is 0 Å². The van der Waals surface area contributed by atoms with Gasteiger partial charge in [-0.15, -0.1) is 0 Å². The van der Waals surface area contributed by atoms with Gasteiger partial charge in [0.25, 0.3) is 0 Å². The van der Waals surface area contributed by atoms with Gasteiger partial charge < -0.3 is 24.4 Å². The molecule has 3 aliphatic rings. The lowest BCUT2D eigenvalue weighted by molar-refractivity contribution is -0.137. The van der Waals surface area contributed by atoms with E-state index in [0.29, 0.717) is 37.6 Å². The zero-order valence-electron chi connectivity index (χ0n) is 18.7. The molecule has 3 aliphatic heterocycles. The number of rotatable bonds is 8. The van der Waals surface area contributed by atoms with Crippen molar-refractivity contribution in [2.45, 2.75) is 24.7 Å². The Morgan fingerprint density at radius 1 is 1.18 bits per heavy atom. The second kappa shape index (κ2) is 8.51. The summed E-state index contributed by atoms with van der Waals surface area (Å²) in [6.45, 7) is 1.40. The van der Waals surface area contributed by atoms with Crippen molar-refractivity contribution in [3.8, 4) is 11.5 Å². The molecule has 2 fully saturated rings.